The van der Waals surface area contributed by atoms with Crippen LogP contribution in [-0.2, 0) is 4.79 Å². The van der Waals surface area contributed by atoms with Gasteiger partial charge in [-0.05, 0) is 85.1 Å². The molecule has 0 bridgehead atoms. The monoisotopic (exact) mass is 580 g/mol. The van der Waals surface area contributed by atoms with Gasteiger partial charge in [-0.3, -0.25) is 20.5 Å². The van der Waals surface area contributed by atoms with Crippen LogP contribution in [0.1, 0.15) is 88.3 Å². The highest BCUT2D eigenvalue weighted by molar-refractivity contribution is 6.47. The second-order valence-corrected chi connectivity index (χ2v) is 13.1. The fourth-order valence-electron chi connectivity index (χ4n) is 6.40. The Morgan fingerprint density at radius 3 is 2.37 bits per heavy atom. The van der Waals surface area contributed by atoms with Gasteiger partial charge < -0.3 is 10.0 Å². The molecule has 2 unspecified atom stereocenters. The summed E-state index contributed by atoms with van der Waals surface area (Å²) in [5, 5.41) is 23.8. The molecule has 10 heteroatoms. The average molecular weight is 581 g/mol. The molecule has 2 fully saturated rings. The van der Waals surface area contributed by atoms with Crippen molar-refractivity contribution < 1.29 is 14.3 Å². The van der Waals surface area contributed by atoms with Gasteiger partial charge in [-0.15, -0.1) is 5.11 Å². The number of amidine groups is 1. The van der Waals surface area contributed by atoms with E-state index in [2.05, 4.69) is 31.2 Å². The van der Waals surface area contributed by atoms with Crippen LogP contribution in [0.2, 0.25) is 5.02 Å². The molecule has 8 nitrogen and oxygen atoms in total. The number of aliphatic imine (C=N–C) groups is 1. The molecule has 0 saturated heterocycles. The Morgan fingerprint density at radius 2 is 1.80 bits per heavy atom. The number of halogens is 2. The first-order chi connectivity index (χ1) is 19.4. The molecular weight excluding hydrogens is 543 g/mol. The van der Waals surface area contributed by atoms with Gasteiger partial charge in [-0.25, -0.2) is 9.92 Å². The fourth-order valence-corrected chi connectivity index (χ4v) is 6.58. The normalized spacial score (nSPS) is 24.3. The second-order valence-electron chi connectivity index (χ2n) is 12.7. The second kappa shape index (κ2) is 11.3. The first-order valence-corrected chi connectivity index (χ1v) is 14.7. The molecule has 4 N–H and O–H groups in total. The topological polar surface area (TPSA) is 125 Å². The Kier molecular flexibility index (Phi) is 8.16. The Morgan fingerprint density at radius 1 is 1.17 bits per heavy atom. The van der Waals surface area contributed by atoms with Crippen LogP contribution in [0.25, 0.3) is 0 Å². The molecule has 2 aliphatic carbocycles. The van der Waals surface area contributed by atoms with E-state index >= 15 is 0 Å². The number of rotatable bonds is 8. The van der Waals surface area contributed by atoms with Gasteiger partial charge in [-0.2, -0.15) is 0 Å². The van der Waals surface area contributed by atoms with Crippen LogP contribution < -0.4 is 5.32 Å². The minimum atomic E-state index is -1.02. The average Bonchev–Trinajstić information content (AvgIpc) is 3.75. The molecule has 1 heterocycles. The maximum Gasteiger partial charge on any atom is 0.275 e. The Labute approximate surface area is 245 Å². The molecule has 0 radical (unpaired) electrons. The molecule has 1 aliphatic heterocycles. The smallest absolute Gasteiger partial charge is 0.275 e. The number of aliphatic hydroxyl groups excluding tert-OH is 1. The number of nitrogens with one attached hydrogen (secondary N) is 3. The number of nitrogens with zero attached hydrogens (tertiary/aromatic N) is 3. The first kappa shape index (κ1) is 29.5. The number of carbonyl (C=O) groups is 1. The maximum absolute atomic E-state index is 14.3. The highest BCUT2D eigenvalue weighted by Gasteiger charge is 2.55. The zero-order valence-electron chi connectivity index (χ0n) is 23.8. The Hall–Kier alpha value is -3.01. The zero-order chi connectivity index (χ0) is 29.5. The van der Waals surface area contributed by atoms with Crippen LogP contribution in [0.5, 0.6) is 0 Å². The molecule has 1 spiro atoms. The summed E-state index contributed by atoms with van der Waals surface area (Å²) in [7, 11) is 0. The van der Waals surface area contributed by atoms with Crippen molar-refractivity contribution >= 4 is 29.1 Å². The van der Waals surface area contributed by atoms with E-state index in [4.69, 9.17) is 27.5 Å². The van der Waals surface area contributed by atoms with Crippen LogP contribution in [0.3, 0.4) is 0 Å². The summed E-state index contributed by atoms with van der Waals surface area (Å²) < 4.78 is 14.0. The first-order valence-electron chi connectivity index (χ1n) is 14.3. The quantitative estimate of drug-likeness (QED) is 0.119. The fraction of sp³-hybridized carbons (Fsp3) is 0.516. The highest BCUT2D eigenvalue weighted by Crippen LogP contribution is 2.54. The number of hydrogen-bond donors (Lipinski definition) is 4. The summed E-state index contributed by atoms with van der Waals surface area (Å²) in [5.41, 5.74) is 8.86. The van der Waals surface area contributed by atoms with E-state index in [1.165, 1.54) is 12.1 Å². The Bertz CT molecular complexity index is 1360. The lowest BCUT2D eigenvalue weighted by Gasteiger charge is -2.47. The number of benzene rings is 2. The highest BCUT2D eigenvalue weighted by atomic mass is 35.5. The molecule has 2 saturated carbocycles. The molecule has 41 heavy (non-hydrogen) atoms. The van der Waals surface area contributed by atoms with Gasteiger partial charge >= 0.3 is 0 Å². The van der Waals surface area contributed by atoms with E-state index in [9.17, 15) is 14.3 Å². The molecule has 1 amide bonds. The van der Waals surface area contributed by atoms with Gasteiger partial charge in [0.2, 0.25) is 0 Å². The van der Waals surface area contributed by atoms with Crippen LogP contribution in [0.15, 0.2) is 52.6 Å². The molecule has 2 aromatic rings. The van der Waals surface area contributed by atoms with Crippen LogP contribution in [-0.4, -0.2) is 39.7 Å². The van der Waals surface area contributed by atoms with Crippen molar-refractivity contribution in [1.29, 1.82) is 10.9 Å². The minimum Gasteiger partial charge on any atom is -0.374 e. The molecule has 2 aromatic carbocycles. The van der Waals surface area contributed by atoms with E-state index in [-0.39, 0.29) is 34.8 Å². The number of amides is 1. The largest absolute Gasteiger partial charge is 0.374 e. The third kappa shape index (κ3) is 5.98. The standard InChI is InChI=1S/C31H38ClFN6O2/c1-30(2,3)22-12-14-31(15-13-22)37-26(21-10-11-24(33)23(32)16-21)29(41)39(31)27(18-4-5-18)19-6-8-20(9-7-19)28(40)36-17-25(34)38-35/h6-11,16,18,22,27-28,34-36,40H,4-5,12-15,17H2,1-3H3. The van der Waals surface area contributed by atoms with Gasteiger partial charge in [0, 0.05) is 5.56 Å². The van der Waals surface area contributed by atoms with Crippen molar-refractivity contribution in [3.63, 3.8) is 0 Å². The summed E-state index contributed by atoms with van der Waals surface area (Å²) >= 11 is 6.12. The van der Waals surface area contributed by atoms with Crippen molar-refractivity contribution in [2.75, 3.05) is 6.54 Å². The SMILES string of the molecule is CC(C)(C)C1CCC2(CC1)N=C(c1ccc(F)c(Cl)c1)C(=O)N2C(c1ccc(C(O)NCC(=N)N=N)cc1)C1CC1. The van der Waals surface area contributed by atoms with Gasteiger partial charge in [0.25, 0.3) is 5.91 Å². The Balaban J connectivity index is 1.49. The van der Waals surface area contributed by atoms with Crippen molar-refractivity contribution in [2.45, 2.75) is 77.2 Å². The van der Waals surface area contributed by atoms with Gasteiger partial charge in [0.1, 0.15) is 23.4 Å². The molecule has 5 rings (SSSR count). The summed E-state index contributed by atoms with van der Waals surface area (Å²) in [6, 6.07) is 11.8. The van der Waals surface area contributed by atoms with Crippen molar-refractivity contribution in [3.8, 4) is 0 Å². The van der Waals surface area contributed by atoms with Crippen LogP contribution >= 0.6 is 11.6 Å². The van der Waals surface area contributed by atoms with Crippen LogP contribution in [0, 0.1) is 34.0 Å². The van der Waals surface area contributed by atoms with E-state index < -0.39 is 17.7 Å². The predicted molar refractivity (Wildman–Crippen MR) is 157 cm³/mol. The number of aliphatic hydroxyl groups is 1. The number of carbonyl (C=O) groups excluding carboxylic acids is 1. The summed E-state index contributed by atoms with van der Waals surface area (Å²) in [6.45, 7) is 6.78. The van der Waals surface area contributed by atoms with Crippen molar-refractivity contribution in [1.82, 2.24) is 10.2 Å². The van der Waals surface area contributed by atoms with E-state index in [0.29, 0.717) is 28.7 Å². The zero-order valence-corrected chi connectivity index (χ0v) is 24.5. The summed E-state index contributed by atoms with van der Waals surface area (Å²) in [4.78, 5) is 21.5. The lowest BCUT2D eigenvalue weighted by atomic mass is 9.69. The summed E-state index contributed by atoms with van der Waals surface area (Å²) in [6.07, 6.45) is 4.45. The van der Waals surface area contributed by atoms with Crippen molar-refractivity contribution in [3.05, 3.63) is 70.0 Å². The van der Waals surface area contributed by atoms with E-state index in [0.717, 1.165) is 44.1 Å². The predicted octanol–water partition coefficient (Wildman–Crippen LogP) is 6.78. The third-order valence-electron chi connectivity index (χ3n) is 8.93. The van der Waals surface area contributed by atoms with Crippen LogP contribution in [0.4, 0.5) is 4.39 Å². The number of hydrogen-bond acceptors (Lipinski definition) is 6. The molecular formula is C31H38ClFN6O2. The van der Waals surface area contributed by atoms with Gasteiger partial charge in [-0.1, -0.05) is 56.6 Å². The van der Waals surface area contributed by atoms with Crippen molar-refractivity contribution in [2.24, 2.45) is 27.4 Å². The minimum absolute atomic E-state index is 0.0228. The molecule has 2 atom stereocenters. The summed E-state index contributed by atoms with van der Waals surface area (Å²) in [5.74, 6) is -0.0247. The van der Waals surface area contributed by atoms with E-state index in [1.807, 2.05) is 29.2 Å². The van der Waals surface area contributed by atoms with E-state index in [1.54, 1.807) is 6.07 Å². The molecule has 3 aliphatic rings. The third-order valence-corrected chi connectivity index (χ3v) is 9.22. The van der Waals surface area contributed by atoms with Gasteiger partial charge in [0.15, 0.2) is 5.84 Å². The maximum atomic E-state index is 14.3. The molecule has 0 aromatic heterocycles. The lowest BCUT2D eigenvalue weighted by molar-refractivity contribution is -0.134. The lowest BCUT2D eigenvalue weighted by Crippen LogP contribution is -2.52. The van der Waals surface area contributed by atoms with Gasteiger partial charge in [0.05, 0.1) is 17.6 Å². The molecule has 218 valence electrons.